The molecule has 86 valence electrons. The molecule has 5 heteroatoms. The van der Waals surface area contributed by atoms with E-state index in [1.165, 1.54) is 0 Å². The molecule has 0 spiro atoms. The molecule has 0 saturated heterocycles. The standard InChI is InChI=1S/C11H14BrN3O/c1-2-3-6-15-11(13)7-8(14-15)9-4-5-10(12)16-9/h4-5,7H,2-3,6,13H2,1H3. The Balaban J connectivity index is 2.23. The zero-order chi connectivity index (χ0) is 11.5. The third-order valence-corrected chi connectivity index (χ3v) is 2.79. The van der Waals surface area contributed by atoms with Crippen molar-refractivity contribution >= 4 is 21.7 Å². The number of hydrogen-bond donors (Lipinski definition) is 1. The van der Waals surface area contributed by atoms with E-state index in [4.69, 9.17) is 10.2 Å². The summed E-state index contributed by atoms with van der Waals surface area (Å²) in [5.74, 6) is 1.41. The number of aromatic nitrogens is 2. The molecule has 0 saturated carbocycles. The number of aryl methyl sites for hydroxylation is 1. The number of nitrogens with zero attached hydrogens (tertiary/aromatic N) is 2. The van der Waals surface area contributed by atoms with Gasteiger partial charge in [-0.25, -0.2) is 4.68 Å². The van der Waals surface area contributed by atoms with E-state index in [1.54, 1.807) is 0 Å². The summed E-state index contributed by atoms with van der Waals surface area (Å²) >= 11 is 3.26. The van der Waals surface area contributed by atoms with E-state index in [0.717, 1.165) is 30.8 Å². The Bertz CT molecular complexity index is 475. The van der Waals surface area contributed by atoms with Crippen molar-refractivity contribution in [3.05, 3.63) is 22.9 Å². The first-order valence-electron chi connectivity index (χ1n) is 5.29. The summed E-state index contributed by atoms with van der Waals surface area (Å²) in [6, 6.07) is 5.55. The Morgan fingerprint density at radius 1 is 1.50 bits per heavy atom. The number of nitrogens with two attached hydrogens (primary N) is 1. The molecular weight excluding hydrogens is 270 g/mol. The maximum Gasteiger partial charge on any atom is 0.169 e. The smallest absolute Gasteiger partial charge is 0.169 e. The van der Waals surface area contributed by atoms with Crippen LogP contribution in [0.15, 0.2) is 27.3 Å². The van der Waals surface area contributed by atoms with Crippen molar-refractivity contribution in [3.63, 3.8) is 0 Å². The first-order valence-corrected chi connectivity index (χ1v) is 6.09. The van der Waals surface area contributed by atoms with Gasteiger partial charge in [0.1, 0.15) is 11.5 Å². The van der Waals surface area contributed by atoms with Gasteiger partial charge in [0.15, 0.2) is 10.4 Å². The summed E-state index contributed by atoms with van der Waals surface area (Å²) in [6.07, 6.45) is 2.20. The minimum absolute atomic E-state index is 0.677. The normalized spacial score (nSPS) is 10.9. The molecule has 0 aromatic carbocycles. The van der Waals surface area contributed by atoms with Crippen LogP contribution in [-0.2, 0) is 6.54 Å². The Morgan fingerprint density at radius 3 is 2.94 bits per heavy atom. The zero-order valence-corrected chi connectivity index (χ0v) is 10.7. The van der Waals surface area contributed by atoms with Crippen LogP contribution in [-0.4, -0.2) is 9.78 Å². The van der Waals surface area contributed by atoms with Gasteiger partial charge in [0, 0.05) is 12.6 Å². The number of hydrogen-bond acceptors (Lipinski definition) is 3. The average Bonchev–Trinajstić information content (AvgIpc) is 2.82. The molecule has 2 aromatic rings. The fourth-order valence-electron chi connectivity index (χ4n) is 1.49. The van der Waals surface area contributed by atoms with Crippen molar-refractivity contribution in [2.24, 2.45) is 0 Å². The maximum absolute atomic E-state index is 5.87. The van der Waals surface area contributed by atoms with E-state index in [-0.39, 0.29) is 0 Å². The summed E-state index contributed by atoms with van der Waals surface area (Å²) < 4.78 is 7.94. The molecule has 2 heterocycles. The summed E-state index contributed by atoms with van der Waals surface area (Å²) in [6.45, 7) is 2.99. The molecule has 0 aliphatic carbocycles. The SMILES string of the molecule is CCCCn1nc(-c2ccc(Br)o2)cc1N. The largest absolute Gasteiger partial charge is 0.448 e. The first kappa shape index (κ1) is 11.3. The Kier molecular flexibility index (Phi) is 3.33. The van der Waals surface area contributed by atoms with Gasteiger partial charge in [-0.15, -0.1) is 0 Å². The molecular formula is C11H14BrN3O. The lowest BCUT2D eigenvalue weighted by molar-refractivity contribution is 0.545. The highest BCUT2D eigenvalue weighted by Crippen LogP contribution is 2.25. The second kappa shape index (κ2) is 4.74. The fraction of sp³-hybridized carbons (Fsp3) is 0.364. The second-order valence-electron chi connectivity index (χ2n) is 3.63. The summed E-state index contributed by atoms with van der Waals surface area (Å²) in [7, 11) is 0. The Labute approximate surface area is 103 Å². The van der Waals surface area contributed by atoms with Crippen molar-refractivity contribution in [1.82, 2.24) is 9.78 Å². The van der Waals surface area contributed by atoms with Gasteiger partial charge in [-0.3, -0.25) is 0 Å². The van der Waals surface area contributed by atoms with Crippen LogP contribution in [0.4, 0.5) is 5.82 Å². The lowest BCUT2D eigenvalue weighted by atomic mass is 10.3. The molecule has 0 unspecified atom stereocenters. The third-order valence-electron chi connectivity index (χ3n) is 2.36. The monoisotopic (exact) mass is 283 g/mol. The van der Waals surface area contributed by atoms with Crippen molar-refractivity contribution < 1.29 is 4.42 Å². The highest BCUT2D eigenvalue weighted by molar-refractivity contribution is 9.10. The summed E-state index contributed by atoms with van der Waals surface area (Å²) in [5.41, 5.74) is 6.65. The van der Waals surface area contributed by atoms with Gasteiger partial charge in [0.25, 0.3) is 0 Å². The van der Waals surface area contributed by atoms with Crippen molar-refractivity contribution in [2.75, 3.05) is 5.73 Å². The van der Waals surface area contributed by atoms with Crippen LogP contribution < -0.4 is 5.73 Å². The van der Waals surface area contributed by atoms with Crippen LogP contribution in [0.5, 0.6) is 0 Å². The second-order valence-corrected chi connectivity index (χ2v) is 4.42. The molecule has 2 aromatic heterocycles. The first-order chi connectivity index (χ1) is 7.70. The lowest BCUT2D eigenvalue weighted by Gasteiger charge is -2.00. The van der Waals surface area contributed by atoms with E-state index in [0.29, 0.717) is 10.5 Å². The number of nitrogen functional groups attached to an aromatic ring is 1. The van der Waals surface area contributed by atoms with Crippen molar-refractivity contribution in [3.8, 4) is 11.5 Å². The van der Waals surface area contributed by atoms with Gasteiger partial charge in [0.2, 0.25) is 0 Å². The number of unbranched alkanes of at least 4 members (excludes halogenated alkanes) is 1. The predicted molar refractivity (Wildman–Crippen MR) is 66.9 cm³/mol. The lowest BCUT2D eigenvalue weighted by Crippen LogP contribution is -2.04. The molecule has 0 fully saturated rings. The van der Waals surface area contributed by atoms with Gasteiger partial charge in [-0.05, 0) is 34.5 Å². The Morgan fingerprint density at radius 2 is 2.31 bits per heavy atom. The van der Waals surface area contributed by atoms with Crippen LogP contribution in [0.3, 0.4) is 0 Å². The van der Waals surface area contributed by atoms with E-state index in [9.17, 15) is 0 Å². The van der Waals surface area contributed by atoms with E-state index < -0.39 is 0 Å². The third kappa shape index (κ3) is 2.29. The number of anilines is 1. The molecule has 0 bridgehead atoms. The molecule has 0 aliphatic rings. The van der Waals surface area contributed by atoms with Crippen LogP contribution >= 0.6 is 15.9 Å². The molecule has 2 N–H and O–H groups in total. The quantitative estimate of drug-likeness (QED) is 0.937. The van der Waals surface area contributed by atoms with E-state index in [1.807, 2.05) is 22.9 Å². The van der Waals surface area contributed by atoms with Gasteiger partial charge in [-0.1, -0.05) is 13.3 Å². The minimum atomic E-state index is 0.677. The molecule has 16 heavy (non-hydrogen) atoms. The highest BCUT2D eigenvalue weighted by atomic mass is 79.9. The topological polar surface area (TPSA) is 57.0 Å². The molecule has 0 radical (unpaired) electrons. The molecule has 0 amide bonds. The number of furan rings is 1. The maximum atomic E-state index is 5.87. The number of halogens is 1. The van der Waals surface area contributed by atoms with Crippen molar-refractivity contribution in [2.45, 2.75) is 26.3 Å². The fourth-order valence-corrected chi connectivity index (χ4v) is 1.80. The summed E-state index contributed by atoms with van der Waals surface area (Å²) in [4.78, 5) is 0. The molecule has 2 rings (SSSR count). The average molecular weight is 284 g/mol. The van der Waals surface area contributed by atoms with Gasteiger partial charge in [-0.2, -0.15) is 5.10 Å². The van der Waals surface area contributed by atoms with E-state index in [2.05, 4.69) is 28.0 Å². The molecule has 0 aliphatic heterocycles. The highest BCUT2D eigenvalue weighted by Gasteiger charge is 2.10. The van der Waals surface area contributed by atoms with Crippen LogP contribution in [0.2, 0.25) is 0 Å². The van der Waals surface area contributed by atoms with Gasteiger partial charge in [0.05, 0.1) is 0 Å². The number of rotatable bonds is 4. The van der Waals surface area contributed by atoms with Crippen molar-refractivity contribution in [1.29, 1.82) is 0 Å². The van der Waals surface area contributed by atoms with Crippen LogP contribution in [0, 0.1) is 0 Å². The van der Waals surface area contributed by atoms with Crippen LogP contribution in [0.25, 0.3) is 11.5 Å². The Hall–Kier alpha value is -1.23. The molecule has 0 atom stereocenters. The van der Waals surface area contributed by atoms with Crippen LogP contribution in [0.1, 0.15) is 19.8 Å². The minimum Gasteiger partial charge on any atom is -0.448 e. The van der Waals surface area contributed by atoms with Gasteiger partial charge < -0.3 is 10.2 Å². The molecule has 4 nitrogen and oxygen atoms in total. The predicted octanol–water partition coefficient (Wildman–Crippen LogP) is 3.29. The zero-order valence-electron chi connectivity index (χ0n) is 9.11. The van der Waals surface area contributed by atoms with Gasteiger partial charge >= 0.3 is 0 Å². The van der Waals surface area contributed by atoms with E-state index >= 15 is 0 Å². The summed E-state index contributed by atoms with van der Waals surface area (Å²) in [5, 5.41) is 4.41.